The summed E-state index contributed by atoms with van der Waals surface area (Å²) in [6.07, 6.45) is 5.06. The van der Waals surface area contributed by atoms with Crippen LogP contribution in [0.3, 0.4) is 0 Å². The van der Waals surface area contributed by atoms with Crippen molar-refractivity contribution in [2.45, 2.75) is 44.9 Å². The molecule has 0 aliphatic carbocycles. The molecule has 0 bridgehead atoms. The number of nitrogens with zero attached hydrogens (tertiary/aromatic N) is 2. The lowest BCUT2D eigenvalue weighted by Gasteiger charge is -2.29. The highest BCUT2D eigenvalue weighted by atomic mass is 32.1. The van der Waals surface area contributed by atoms with Gasteiger partial charge in [-0.1, -0.05) is 12.1 Å². The summed E-state index contributed by atoms with van der Waals surface area (Å²) < 4.78 is 6.35. The normalized spacial score (nSPS) is 22.4. The van der Waals surface area contributed by atoms with E-state index < -0.39 is 0 Å². The third-order valence-electron chi connectivity index (χ3n) is 5.43. The molecule has 2 aliphatic rings. The first-order valence-electron chi connectivity index (χ1n) is 9.48. The number of ether oxygens (including phenoxy) is 1. The minimum absolute atomic E-state index is 0.369. The highest BCUT2D eigenvalue weighted by molar-refractivity contribution is 7.09. The first-order valence-corrected chi connectivity index (χ1v) is 10.4. The van der Waals surface area contributed by atoms with E-state index in [-0.39, 0.29) is 0 Å². The molecule has 4 rings (SSSR count). The Morgan fingerprint density at radius 1 is 1.12 bits per heavy atom. The molecule has 1 atom stereocenters. The fraction of sp³-hybridized carbons (Fsp3) is 0.524. The van der Waals surface area contributed by atoms with Gasteiger partial charge in [-0.05, 0) is 74.0 Å². The van der Waals surface area contributed by atoms with Gasteiger partial charge in [0.1, 0.15) is 5.75 Å². The van der Waals surface area contributed by atoms with Crippen LogP contribution in [0.1, 0.15) is 35.3 Å². The van der Waals surface area contributed by atoms with Gasteiger partial charge in [-0.2, -0.15) is 0 Å². The number of hydrogen-bond donors (Lipinski definition) is 0. The van der Waals surface area contributed by atoms with Crippen molar-refractivity contribution in [3.05, 3.63) is 51.7 Å². The Labute approximate surface area is 155 Å². The average Bonchev–Trinajstić information content (AvgIpc) is 3.04. The van der Waals surface area contributed by atoms with Crippen LogP contribution in [0, 0.1) is 0 Å². The standard InChI is InChI=1S/C21H28N2OS/c1-22-10-2-4-19(9-11-22)24-20-7-6-17-8-12-23(15-18(17)14-20)16-21-5-3-13-25-21/h3,5-7,13-14,19H,2,4,8-12,15-16H2,1H3. The number of rotatable bonds is 4. The second kappa shape index (κ2) is 7.90. The SMILES string of the molecule is CN1CCCC(Oc2ccc3c(c2)CN(Cc2cccs2)CC3)CC1. The molecule has 1 aromatic carbocycles. The van der Waals surface area contributed by atoms with E-state index in [0.717, 1.165) is 44.8 Å². The van der Waals surface area contributed by atoms with Crippen LogP contribution in [-0.2, 0) is 19.5 Å². The zero-order chi connectivity index (χ0) is 17.1. The molecule has 3 heterocycles. The summed E-state index contributed by atoms with van der Waals surface area (Å²) in [6, 6.07) is 11.2. The van der Waals surface area contributed by atoms with Gasteiger partial charge < -0.3 is 9.64 Å². The van der Waals surface area contributed by atoms with Crippen molar-refractivity contribution < 1.29 is 4.74 Å². The van der Waals surface area contributed by atoms with Crippen molar-refractivity contribution in [2.24, 2.45) is 0 Å². The minimum Gasteiger partial charge on any atom is -0.490 e. The van der Waals surface area contributed by atoms with Crippen LogP contribution in [-0.4, -0.2) is 42.6 Å². The summed E-state index contributed by atoms with van der Waals surface area (Å²) in [4.78, 5) is 6.43. The van der Waals surface area contributed by atoms with Gasteiger partial charge in [-0.15, -0.1) is 11.3 Å². The molecular weight excluding hydrogens is 328 g/mol. The molecule has 0 radical (unpaired) electrons. The third kappa shape index (κ3) is 4.43. The second-order valence-electron chi connectivity index (χ2n) is 7.44. The Morgan fingerprint density at radius 2 is 2.08 bits per heavy atom. The van der Waals surface area contributed by atoms with E-state index in [4.69, 9.17) is 4.74 Å². The van der Waals surface area contributed by atoms with Crippen LogP contribution in [0.15, 0.2) is 35.7 Å². The van der Waals surface area contributed by atoms with E-state index in [2.05, 4.69) is 52.6 Å². The van der Waals surface area contributed by atoms with Crippen molar-refractivity contribution >= 4 is 11.3 Å². The van der Waals surface area contributed by atoms with E-state index in [1.165, 1.54) is 35.4 Å². The minimum atomic E-state index is 0.369. The monoisotopic (exact) mass is 356 g/mol. The van der Waals surface area contributed by atoms with Crippen LogP contribution >= 0.6 is 11.3 Å². The molecule has 0 spiro atoms. The molecule has 2 aromatic rings. The predicted molar refractivity (Wildman–Crippen MR) is 104 cm³/mol. The lowest BCUT2D eigenvalue weighted by atomic mass is 9.99. The molecule has 2 aliphatic heterocycles. The van der Waals surface area contributed by atoms with Crippen molar-refractivity contribution in [2.75, 3.05) is 26.7 Å². The summed E-state index contributed by atoms with van der Waals surface area (Å²) in [5.74, 6) is 1.06. The average molecular weight is 357 g/mol. The molecule has 1 aromatic heterocycles. The molecule has 25 heavy (non-hydrogen) atoms. The maximum absolute atomic E-state index is 6.35. The molecule has 1 saturated heterocycles. The Hall–Kier alpha value is -1.36. The van der Waals surface area contributed by atoms with E-state index in [0.29, 0.717) is 6.10 Å². The Kier molecular flexibility index (Phi) is 5.39. The lowest BCUT2D eigenvalue weighted by molar-refractivity contribution is 0.182. The summed E-state index contributed by atoms with van der Waals surface area (Å²) in [6.45, 7) is 5.60. The van der Waals surface area contributed by atoms with E-state index in [1.54, 1.807) is 0 Å². The van der Waals surface area contributed by atoms with Crippen LogP contribution in [0.5, 0.6) is 5.75 Å². The van der Waals surface area contributed by atoms with Crippen LogP contribution in [0.4, 0.5) is 0 Å². The summed E-state index contributed by atoms with van der Waals surface area (Å²) >= 11 is 1.86. The van der Waals surface area contributed by atoms with Gasteiger partial charge in [0, 0.05) is 31.1 Å². The van der Waals surface area contributed by atoms with Crippen molar-refractivity contribution in [3.63, 3.8) is 0 Å². The van der Waals surface area contributed by atoms with Crippen molar-refractivity contribution in [1.82, 2.24) is 9.80 Å². The van der Waals surface area contributed by atoms with E-state index >= 15 is 0 Å². The van der Waals surface area contributed by atoms with Gasteiger partial charge in [0.25, 0.3) is 0 Å². The first-order chi connectivity index (χ1) is 12.3. The Bertz CT molecular complexity index is 685. The zero-order valence-electron chi connectivity index (χ0n) is 15.1. The quantitative estimate of drug-likeness (QED) is 0.818. The maximum Gasteiger partial charge on any atom is 0.120 e. The van der Waals surface area contributed by atoms with Gasteiger partial charge in [-0.25, -0.2) is 0 Å². The molecule has 1 fully saturated rings. The fourth-order valence-electron chi connectivity index (χ4n) is 3.94. The molecular formula is C21H28N2OS. The molecule has 0 N–H and O–H groups in total. The smallest absolute Gasteiger partial charge is 0.120 e. The van der Waals surface area contributed by atoms with Crippen LogP contribution < -0.4 is 4.74 Å². The summed E-state index contributed by atoms with van der Waals surface area (Å²) in [5.41, 5.74) is 2.95. The van der Waals surface area contributed by atoms with Crippen LogP contribution in [0.25, 0.3) is 0 Å². The van der Waals surface area contributed by atoms with Gasteiger partial charge in [0.2, 0.25) is 0 Å². The first kappa shape index (κ1) is 17.1. The molecule has 134 valence electrons. The van der Waals surface area contributed by atoms with Gasteiger partial charge >= 0.3 is 0 Å². The Balaban J connectivity index is 1.41. The lowest BCUT2D eigenvalue weighted by Crippen LogP contribution is -2.29. The number of fused-ring (bicyclic) bond motifs is 1. The summed E-state index contributed by atoms with van der Waals surface area (Å²) in [7, 11) is 2.21. The number of hydrogen-bond acceptors (Lipinski definition) is 4. The number of thiophene rings is 1. The van der Waals surface area contributed by atoms with Crippen molar-refractivity contribution in [3.8, 4) is 5.75 Å². The maximum atomic E-state index is 6.35. The topological polar surface area (TPSA) is 15.7 Å². The van der Waals surface area contributed by atoms with Gasteiger partial charge in [0.05, 0.1) is 6.10 Å². The zero-order valence-corrected chi connectivity index (χ0v) is 15.9. The molecule has 3 nitrogen and oxygen atoms in total. The van der Waals surface area contributed by atoms with Crippen molar-refractivity contribution in [1.29, 1.82) is 0 Å². The fourth-order valence-corrected chi connectivity index (χ4v) is 4.69. The predicted octanol–water partition coefficient (Wildman–Crippen LogP) is 4.17. The highest BCUT2D eigenvalue weighted by Gasteiger charge is 2.19. The molecule has 0 saturated carbocycles. The number of benzene rings is 1. The van der Waals surface area contributed by atoms with Gasteiger partial charge in [0.15, 0.2) is 0 Å². The number of likely N-dealkylation sites (tertiary alicyclic amines) is 1. The largest absolute Gasteiger partial charge is 0.490 e. The summed E-state index contributed by atoms with van der Waals surface area (Å²) in [5, 5.41) is 2.17. The Morgan fingerprint density at radius 3 is 2.96 bits per heavy atom. The van der Waals surface area contributed by atoms with E-state index in [9.17, 15) is 0 Å². The second-order valence-corrected chi connectivity index (χ2v) is 8.48. The third-order valence-corrected chi connectivity index (χ3v) is 6.29. The molecule has 4 heteroatoms. The van der Waals surface area contributed by atoms with Gasteiger partial charge in [-0.3, -0.25) is 4.90 Å². The van der Waals surface area contributed by atoms with E-state index in [1.807, 2.05) is 11.3 Å². The molecule has 1 unspecified atom stereocenters. The molecule has 0 amide bonds. The highest BCUT2D eigenvalue weighted by Crippen LogP contribution is 2.27. The van der Waals surface area contributed by atoms with Crippen LogP contribution in [0.2, 0.25) is 0 Å².